The summed E-state index contributed by atoms with van der Waals surface area (Å²) in [4.78, 5) is 5.01. The molecule has 2 heterocycles. The molecule has 0 bridgehead atoms. The molecule has 19 heavy (non-hydrogen) atoms. The van der Waals surface area contributed by atoms with E-state index in [2.05, 4.69) is 12.2 Å². The van der Waals surface area contributed by atoms with E-state index >= 15 is 0 Å². The molecule has 2 unspecified atom stereocenters. The number of hydrogen-bond acceptors (Lipinski definition) is 3. The smallest absolute Gasteiger partial charge is 0.157 e. The second-order valence-corrected chi connectivity index (χ2v) is 7.47. The van der Waals surface area contributed by atoms with Gasteiger partial charge in [-0.2, -0.15) is 0 Å². The second-order valence-electron chi connectivity index (χ2n) is 6.51. The largest absolute Gasteiger partial charge is 0.381 e. The van der Waals surface area contributed by atoms with Gasteiger partial charge in [-0.3, -0.25) is 4.99 Å². The Hall–Kier alpha value is -0.220. The minimum atomic E-state index is 0.291. The molecule has 2 aliphatic heterocycles. The van der Waals surface area contributed by atoms with Crippen molar-refractivity contribution in [3.05, 3.63) is 0 Å². The van der Waals surface area contributed by atoms with Gasteiger partial charge in [-0.05, 0) is 38.0 Å². The van der Waals surface area contributed by atoms with Crippen molar-refractivity contribution in [2.75, 3.05) is 19.0 Å². The van der Waals surface area contributed by atoms with Gasteiger partial charge >= 0.3 is 0 Å². The summed E-state index contributed by atoms with van der Waals surface area (Å²) in [6.07, 6.45) is 8.94. The molecule has 2 saturated heterocycles. The number of rotatable bonds is 1. The van der Waals surface area contributed by atoms with Crippen molar-refractivity contribution >= 4 is 16.9 Å². The van der Waals surface area contributed by atoms with E-state index in [0.717, 1.165) is 32.0 Å². The van der Waals surface area contributed by atoms with E-state index in [4.69, 9.17) is 9.73 Å². The maximum atomic E-state index is 5.48. The van der Waals surface area contributed by atoms with Crippen molar-refractivity contribution in [3.8, 4) is 0 Å². The van der Waals surface area contributed by atoms with Gasteiger partial charge in [0.05, 0.1) is 11.6 Å². The number of nitrogens with one attached hydrogen (secondary N) is 1. The quantitative estimate of drug-likeness (QED) is 0.750. The minimum absolute atomic E-state index is 0.291. The summed E-state index contributed by atoms with van der Waals surface area (Å²) >= 11 is 1.93. The number of thioether (sulfide) groups is 1. The number of nitrogens with zero attached hydrogens (tertiary/aromatic N) is 1. The average Bonchev–Trinajstić information content (AvgIpc) is 2.66. The highest BCUT2D eigenvalue weighted by Gasteiger charge is 2.38. The third-order valence-electron chi connectivity index (χ3n) is 4.83. The van der Waals surface area contributed by atoms with Gasteiger partial charge < -0.3 is 10.1 Å². The Morgan fingerprint density at radius 3 is 2.89 bits per heavy atom. The van der Waals surface area contributed by atoms with Gasteiger partial charge in [-0.25, -0.2) is 0 Å². The van der Waals surface area contributed by atoms with Crippen LogP contribution >= 0.6 is 11.8 Å². The van der Waals surface area contributed by atoms with Gasteiger partial charge in [-0.15, -0.1) is 0 Å². The monoisotopic (exact) mass is 282 g/mol. The molecule has 3 nitrogen and oxygen atoms in total. The SMILES string of the molecule is CC1CCCC(N=C2NC3(CCOCC3)CS2)CC1. The van der Waals surface area contributed by atoms with Crippen LogP contribution < -0.4 is 5.32 Å². The molecule has 4 heteroatoms. The van der Waals surface area contributed by atoms with E-state index in [-0.39, 0.29) is 0 Å². The van der Waals surface area contributed by atoms with Crippen LogP contribution in [-0.2, 0) is 4.74 Å². The first-order chi connectivity index (χ1) is 9.26. The van der Waals surface area contributed by atoms with Crippen molar-refractivity contribution < 1.29 is 4.74 Å². The topological polar surface area (TPSA) is 33.6 Å². The van der Waals surface area contributed by atoms with Gasteiger partial charge in [0, 0.05) is 19.0 Å². The van der Waals surface area contributed by atoms with Gasteiger partial charge in [0.2, 0.25) is 0 Å². The molecule has 1 N–H and O–H groups in total. The Labute approximate surface area is 121 Å². The molecule has 1 saturated carbocycles. The molecule has 0 aromatic heterocycles. The lowest BCUT2D eigenvalue weighted by molar-refractivity contribution is 0.0555. The Kier molecular flexibility index (Phi) is 4.37. The van der Waals surface area contributed by atoms with Crippen molar-refractivity contribution in [3.63, 3.8) is 0 Å². The zero-order chi connectivity index (χ0) is 13.1. The average molecular weight is 282 g/mol. The number of amidine groups is 1. The summed E-state index contributed by atoms with van der Waals surface area (Å²) in [5, 5.41) is 4.93. The highest BCUT2D eigenvalue weighted by molar-refractivity contribution is 8.14. The van der Waals surface area contributed by atoms with Crippen LogP contribution in [0, 0.1) is 5.92 Å². The Balaban J connectivity index is 1.58. The Bertz CT molecular complexity index is 339. The van der Waals surface area contributed by atoms with Gasteiger partial charge in [0.25, 0.3) is 0 Å². The van der Waals surface area contributed by atoms with Crippen molar-refractivity contribution in [2.45, 2.75) is 63.5 Å². The molecule has 1 aliphatic carbocycles. The van der Waals surface area contributed by atoms with E-state index in [1.807, 2.05) is 11.8 Å². The molecular weight excluding hydrogens is 256 g/mol. The number of aliphatic imine (C=N–C) groups is 1. The standard InChI is InChI=1S/C15H26N2OS/c1-12-3-2-4-13(6-5-12)16-14-17-15(11-19-14)7-9-18-10-8-15/h12-13H,2-11H2,1H3,(H,16,17). The fraction of sp³-hybridized carbons (Fsp3) is 0.933. The molecule has 3 fully saturated rings. The van der Waals surface area contributed by atoms with Crippen LogP contribution in [0.25, 0.3) is 0 Å². The molecule has 0 radical (unpaired) electrons. The lowest BCUT2D eigenvalue weighted by atomic mass is 9.93. The van der Waals surface area contributed by atoms with Crippen LogP contribution in [-0.4, -0.2) is 35.7 Å². The summed E-state index contributed by atoms with van der Waals surface area (Å²) < 4.78 is 5.48. The minimum Gasteiger partial charge on any atom is -0.381 e. The fourth-order valence-corrected chi connectivity index (χ4v) is 4.66. The van der Waals surface area contributed by atoms with Crippen LogP contribution in [0.1, 0.15) is 51.9 Å². The first-order valence-corrected chi connectivity index (χ1v) is 8.81. The van der Waals surface area contributed by atoms with Crippen LogP contribution in [0.15, 0.2) is 4.99 Å². The summed E-state index contributed by atoms with van der Waals surface area (Å²) in [5.74, 6) is 2.08. The third kappa shape index (κ3) is 3.46. The molecule has 3 aliphatic rings. The maximum absolute atomic E-state index is 5.48. The first kappa shape index (κ1) is 13.7. The van der Waals surface area contributed by atoms with E-state index in [1.54, 1.807) is 0 Å². The zero-order valence-electron chi connectivity index (χ0n) is 12.0. The van der Waals surface area contributed by atoms with E-state index in [1.165, 1.54) is 43.0 Å². The van der Waals surface area contributed by atoms with Gasteiger partial charge in [0.15, 0.2) is 5.17 Å². The molecule has 2 atom stereocenters. The van der Waals surface area contributed by atoms with Crippen LogP contribution in [0.4, 0.5) is 0 Å². The highest BCUT2D eigenvalue weighted by atomic mass is 32.2. The second kappa shape index (κ2) is 6.04. The number of ether oxygens (including phenoxy) is 1. The lowest BCUT2D eigenvalue weighted by Gasteiger charge is -2.32. The first-order valence-electron chi connectivity index (χ1n) is 7.82. The highest BCUT2D eigenvalue weighted by Crippen LogP contribution is 2.33. The maximum Gasteiger partial charge on any atom is 0.157 e. The van der Waals surface area contributed by atoms with Crippen LogP contribution in [0.2, 0.25) is 0 Å². The lowest BCUT2D eigenvalue weighted by Crippen LogP contribution is -2.48. The molecule has 0 aromatic rings. The Morgan fingerprint density at radius 2 is 2.05 bits per heavy atom. The predicted octanol–water partition coefficient (Wildman–Crippen LogP) is 3.20. The summed E-state index contributed by atoms with van der Waals surface area (Å²) in [6.45, 7) is 4.19. The zero-order valence-corrected chi connectivity index (χ0v) is 12.8. The van der Waals surface area contributed by atoms with E-state index < -0.39 is 0 Å². The molecule has 1 spiro atoms. The van der Waals surface area contributed by atoms with Crippen molar-refractivity contribution in [1.29, 1.82) is 0 Å². The fourth-order valence-electron chi connectivity index (χ4n) is 3.37. The Morgan fingerprint density at radius 1 is 1.21 bits per heavy atom. The summed E-state index contributed by atoms with van der Waals surface area (Å²) in [6, 6.07) is 0.565. The molecule has 108 valence electrons. The van der Waals surface area contributed by atoms with Crippen molar-refractivity contribution in [2.24, 2.45) is 10.9 Å². The van der Waals surface area contributed by atoms with Crippen LogP contribution in [0.3, 0.4) is 0 Å². The number of hydrogen-bond donors (Lipinski definition) is 1. The molecular formula is C15H26N2OS. The van der Waals surface area contributed by atoms with Gasteiger partial charge in [-0.1, -0.05) is 31.5 Å². The molecule has 0 amide bonds. The van der Waals surface area contributed by atoms with E-state index in [0.29, 0.717) is 11.6 Å². The normalized spacial score (nSPS) is 37.2. The summed E-state index contributed by atoms with van der Waals surface area (Å²) in [7, 11) is 0. The van der Waals surface area contributed by atoms with E-state index in [9.17, 15) is 0 Å². The van der Waals surface area contributed by atoms with Crippen LogP contribution in [0.5, 0.6) is 0 Å². The summed E-state index contributed by atoms with van der Waals surface area (Å²) in [5.41, 5.74) is 0.291. The molecule has 0 aromatic carbocycles. The molecule has 3 rings (SSSR count). The van der Waals surface area contributed by atoms with Crippen molar-refractivity contribution in [1.82, 2.24) is 5.32 Å². The predicted molar refractivity (Wildman–Crippen MR) is 81.8 cm³/mol. The third-order valence-corrected chi connectivity index (χ3v) is 6.01. The van der Waals surface area contributed by atoms with Gasteiger partial charge in [0.1, 0.15) is 0 Å².